The van der Waals surface area contributed by atoms with Gasteiger partial charge in [-0.05, 0) is 37.1 Å². The molecule has 1 saturated carbocycles. The molecule has 7 heteroatoms. The van der Waals surface area contributed by atoms with Gasteiger partial charge in [0.05, 0.1) is 12.0 Å². The maximum atomic E-state index is 12.2. The van der Waals surface area contributed by atoms with Crippen LogP contribution in [0.1, 0.15) is 42.5 Å². The van der Waals surface area contributed by atoms with Gasteiger partial charge in [-0.1, -0.05) is 12.8 Å². The van der Waals surface area contributed by atoms with Gasteiger partial charge in [0, 0.05) is 5.56 Å². The van der Waals surface area contributed by atoms with Crippen LogP contribution in [0.3, 0.4) is 0 Å². The van der Waals surface area contributed by atoms with Crippen molar-refractivity contribution in [2.75, 3.05) is 0 Å². The Balaban J connectivity index is 2.05. The van der Waals surface area contributed by atoms with E-state index in [0.29, 0.717) is 12.8 Å². The third kappa shape index (κ3) is 4.16. The number of halogens is 2. The third-order valence-corrected chi connectivity index (χ3v) is 3.77. The molecule has 0 heterocycles. The van der Waals surface area contributed by atoms with Gasteiger partial charge in [-0.25, -0.2) is 0 Å². The van der Waals surface area contributed by atoms with Crippen molar-refractivity contribution in [1.29, 1.82) is 0 Å². The molecule has 0 atom stereocenters. The summed E-state index contributed by atoms with van der Waals surface area (Å²) in [5.74, 6) is -1.40. The van der Waals surface area contributed by atoms with Crippen LogP contribution in [0.25, 0.3) is 0 Å². The van der Waals surface area contributed by atoms with Crippen molar-refractivity contribution in [3.8, 4) is 5.75 Å². The number of carbonyl (C=O) groups is 2. The minimum Gasteiger partial charge on any atom is -0.481 e. The second-order valence-electron chi connectivity index (χ2n) is 5.41. The number of amides is 1. The summed E-state index contributed by atoms with van der Waals surface area (Å²) in [5.41, 5.74) is -0.445. The highest BCUT2D eigenvalue weighted by molar-refractivity contribution is 5.95. The van der Waals surface area contributed by atoms with Gasteiger partial charge >= 0.3 is 12.6 Å². The molecule has 2 N–H and O–H groups in total. The molecule has 1 aromatic rings. The van der Waals surface area contributed by atoms with Crippen LogP contribution in [0.4, 0.5) is 8.78 Å². The lowest BCUT2D eigenvalue weighted by atomic mass is 9.92. The summed E-state index contributed by atoms with van der Waals surface area (Å²) in [6.07, 6.45) is 2.87. The molecule has 120 valence electrons. The Hall–Kier alpha value is -2.18. The fourth-order valence-electron chi connectivity index (χ4n) is 2.79. The summed E-state index contributed by atoms with van der Waals surface area (Å²) in [6.45, 7) is -2.92. The number of benzene rings is 1. The molecule has 5 nitrogen and oxygen atoms in total. The van der Waals surface area contributed by atoms with Crippen LogP contribution in [-0.4, -0.2) is 29.1 Å². The first-order chi connectivity index (χ1) is 10.4. The summed E-state index contributed by atoms with van der Waals surface area (Å²) < 4.78 is 28.3. The third-order valence-electron chi connectivity index (χ3n) is 3.77. The van der Waals surface area contributed by atoms with E-state index in [9.17, 15) is 18.4 Å². The highest BCUT2D eigenvalue weighted by atomic mass is 19.3. The quantitative estimate of drug-likeness (QED) is 0.847. The van der Waals surface area contributed by atoms with Crippen LogP contribution in [0.2, 0.25) is 0 Å². The van der Waals surface area contributed by atoms with Gasteiger partial charge in [-0.2, -0.15) is 8.78 Å². The lowest BCUT2D eigenvalue weighted by Crippen LogP contribution is -2.47. The summed E-state index contributed by atoms with van der Waals surface area (Å²) in [7, 11) is 0. The first kappa shape index (κ1) is 16.2. The molecule has 0 unspecified atom stereocenters. The zero-order chi connectivity index (χ0) is 16.2. The van der Waals surface area contributed by atoms with Crippen molar-refractivity contribution < 1.29 is 28.2 Å². The molecule has 1 aliphatic rings. The van der Waals surface area contributed by atoms with Crippen LogP contribution in [0.15, 0.2) is 24.3 Å². The molecule has 2 rings (SSSR count). The van der Waals surface area contributed by atoms with Gasteiger partial charge in [0.1, 0.15) is 5.75 Å². The van der Waals surface area contributed by atoms with Gasteiger partial charge in [0.2, 0.25) is 0 Å². The van der Waals surface area contributed by atoms with E-state index in [0.717, 1.165) is 12.8 Å². The second kappa shape index (κ2) is 6.72. The number of carboxylic acid groups (broad SMARTS) is 1. The number of ether oxygens (including phenoxy) is 1. The summed E-state index contributed by atoms with van der Waals surface area (Å²) in [6, 6.07) is 5.30. The van der Waals surface area contributed by atoms with Crippen molar-refractivity contribution >= 4 is 11.9 Å². The Morgan fingerprint density at radius 2 is 1.82 bits per heavy atom. The fraction of sp³-hybridized carbons (Fsp3) is 0.467. The first-order valence-corrected chi connectivity index (χ1v) is 6.99. The normalized spacial score (nSPS) is 16.5. The van der Waals surface area contributed by atoms with Crippen molar-refractivity contribution in [2.45, 2.75) is 44.3 Å². The standard InChI is InChI=1S/C15H17F2NO4/c16-14(17)22-11-5-3-10(4-6-11)13(21)18-15(9-12(19)20)7-1-2-8-15/h3-6,14H,1-2,7-9H2,(H,18,21)(H,19,20). The van der Waals surface area contributed by atoms with E-state index in [-0.39, 0.29) is 17.7 Å². The molecule has 0 bridgehead atoms. The first-order valence-electron chi connectivity index (χ1n) is 6.99. The number of carbonyl (C=O) groups excluding carboxylic acids is 1. The topological polar surface area (TPSA) is 75.6 Å². The molecule has 1 amide bonds. The second-order valence-corrected chi connectivity index (χ2v) is 5.41. The molecule has 22 heavy (non-hydrogen) atoms. The van der Waals surface area contributed by atoms with Crippen molar-refractivity contribution in [1.82, 2.24) is 5.32 Å². The number of carboxylic acids is 1. The van der Waals surface area contributed by atoms with Crippen LogP contribution in [0.5, 0.6) is 5.75 Å². The minimum absolute atomic E-state index is 0.0346. The number of aliphatic carboxylic acids is 1. The molecule has 0 spiro atoms. The van der Waals surface area contributed by atoms with Crippen LogP contribution < -0.4 is 10.1 Å². The number of rotatable bonds is 6. The highest BCUT2D eigenvalue weighted by Gasteiger charge is 2.37. The largest absolute Gasteiger partial charge is 0.481 e. The number of alkyl halides is 2. The van der Waals surface area contributed by atoms with Gasteiger partial charge < -0.3 is 15.2 Å². The Morgan fingerprint density at radius 1 is 1.23 bits per heavy atom. The van der Waals surface area contributed by atoms with Crippen molar-refractivity contribution in [3.63, 3.8) is 0 Å². The molecule has 1 aliphatic carbocycles. The maximum Gasteiger partial charge on any atom is 0.387 e. The van der Waals surface area contributed by atoms with Crippen LogP contribution >= 0.6 is 0 Å². The zero-order valence-electron chi connectivity index (χ0n) is 11.9. The van der Waals surface area contributed by atoms with Crippen molar-refractivity contribution in [3.05, 3.63) is 29.8 Å². The number of hydrogen-bond acceptors (Lipinski definition) is 3. The molecule has 1 aromatic carbocycles. The zero-order valence-corrected chi connectivity index (χ0v) is 11.9. The van der Waals surface area contributed by atoms with E-state index < -0.39 is 24.0 Å². The smallest absolute Gasteiger partial charge is 0.387 e. The average Bonchev–Trinajstić information content (AvgIpc) is 2.86. The Kier molecular flexibility index (Phi) is 4.95. The maximum absolute atomic E-state index is 12.2. The Morgan fingerprint density at radius 3 is 2.32 bits per heavy atom. The van der Waals surface area contributed by atoms with E-state index in [1.54, 1.807) is 0 Å². The van der Waals surface area contributed by atoms with E-state index in [2.05, 4.69) is 10.1 Å². The molecular weight excluding hydrogens is 296 g/mol. The van der Waals surface area contributed by atoms with Gasteiger partial charge in [0.15, 0.2) is 0 Å². The predicted molar refractivity (Wildman–Crippen MR) is 74.0 cm³/mol. The van der Waals surface area contributed by atoms with Gasteiger partial charge in [-0.15, -0.1) is 0 Å². The fourth-order valence-corrected chi connectivity index (χ4v) is 2.79. The van der Waals surface area contributed by atoms with Crippen LogP contribution in [-0.2, 0) is 4.79 Å². The minimum atomic E-state index is -2.92. The predicted octanol–water partition coefficient (Wildman–Crippen LogP) is 2.81. The molecule has 0 radical (unpaired) electrons. The summed E-state index contributed by atoms with van der Waals surface area (Å²) >= 11 is 0. The molecule has 0 aromatic heterocycles. The lowest BCUT2D eigenvalue weighted by molar-refractivity contribution is -0.138. The summed E-state index contributed by atoms with van der Waals surface area (Å²) in [4.78, 5) is 23.2. The highest BCUT2D eigenvalue weighted by Crippen LogP contribution is 2.33. The Labute approximate surface area is 126 Å². The van der Waals surface area contributed by atoms with E-state index in [1.165, 1.54) is 24.3 Å². The van der Waals surface area contributed by atoms with E-state index in [1.807, 2.05) is 0 Å². The van der Waals surface area contributed by atoms with Crippen LogP contribution in [0, 0.1) is 0 Å². The molecule has 0 aliphatic heterocycles. The number of hydrogen-bond donors (Lipinski definition) is 2. The lowest BCUT2D eigenvalue weighted by Gasteiger charge is -2.28. The van der Waals surface area contributed by atoms with Gasteiger partial charge in [0.25, 0.3) is 5.91 Å². The molecule has 0 saturated heterocycles. The van der Waals surface area contributed by atoms with Gasteiger partial charge in [-0.3, -0.25) is 9.59 Å². The Bertz CT molecular complexity index is 539. The number of nitrogens with one attached hydrogen (secondary N) is 1. The SMILES string of the molecule is O=C(O)CC1(NC(=O)c2ccc(OC(F)F)cc2)CCCC1. The van der Waals surface area contributed by atoms with E-state index in [4.69, 9.17) is 5.11 Å². The summed E-state index contributed by atoms with van der Waals surface area (Å²) in [5, 5.41) is 11.8. The van der Waals surface area contributed by atoms with E-state index >= 15 is 0 Å². The average molecular weight is 313 g/mol. The molecule has 1 fully saturated rings. The van der Waals surface area contributed by atoms with Crippen molar-refractivity contribution in [2.24, 2.45) is 0 Å². The molecular formula is C15H17F2NO4. The monoisotopic (exact) mass is 313 g/mol.